The highest BCUT2D eigenvalue weighted by atomic mass is 32.1. The second-order valence-electron chi connectivity index (χ2n) is 8.63. The molecule has 0 radical (unpaired) electrons. The van der Waals surface area contributed by atoms with Crippen molar-refractivity contribution in [2.45, 2.75) is 25.7 Å². The van der Waals surface area contributed by atoms with Crippen molar-refractivity contribution in [1.82, 2.24) is 19.5 Å². The van der Waals surface area contributed by atoms with Crippen molar-refractivity contribution < 1.29 is 13.2 Å². The Morgan fingerprint density at radius 1 is 1.00 bits per heavy atom. The largest absolute Gasteiger partial charge is 0.416 e. The van der Waals surface area contributed by atoms with E-state index in [1.54, 1.807) is 23.7 Å². The Morgan fingerprint density at radius 3 is 2.67 bits per heavy atom. The molecule has 1 N–H and O–H groups in total. The van der Waals surface area contributed by atoms with Crippen molar-refractivity contribution in [3.8, 4) is 5.69 Å². The van der Waals surface area contributed by atoms with E-state index in [4.69, 9.17) is 9.97 Å². The Bertz CT molecular complexity index is 1530. The molecular formula is C26H21F3N6S. The molecular weight excluding hydrogens is 485 g/mol. The van der Waals surface area contributed by atoms with Gasteiger partial charge < -0.3 is 10.2 Å². The molecule has 182 valence electrons. The zero-order chi connectivity index (χ0) is 24.7. The predicted octanol–water partition coefficient (Wildman–Crippen LogP) is 6.07. The van der Waals surface area contributed by atoms with Crippen molar-refractivity contribution in [2.24, 2.45) is 0 Å². The summed E-state index contributed by atoms with van der Waals surface area (Å²) in [6.07, 6.45) is -1.81. The van der Waals surface area contributed by atoms with E-state index in [1.807, 2.05) is 33.5 Å². The maximum atomic E-state index is 13.2. The number of nitrogens with one attached hydrogen (secondary N) is 1. The highest BCUT2D eigenvalue weighted by molar-refractivity contribution is 7.08. The van der Waals surface area contributed by atoms with Gasteiger partial charge in [0.25, 0.3) is 0 Å². The Labute approximate surface area is 209 Å². The Kier molecular flexibility index (Phi) is 5.60. The number of hydrogen-bond acceptors (Lipinski definition) is 6. The van der Waals surface area contributed by atoms with Crippen LogP contribution in [0, 0.1) is 0 Å². The summed E-state index contributed by atoms with van der Waals surface area (Å²) in [6, 6.07) is 15.6. The number of fused-ring (bicyclic) bond motifs is 2. The third-order valence-corrected chi connectivity index (χ3v) is 6.97. The summed E-state index contributed by atoms with van der Waals surface area (Å²) in [7, 11) is 0. The third-order valence-electron chi connectivity index (χ3n) is 6.30. The smallest absolute Gasteiger partial charge is 0.364 e. The lowest BCUT2D eigenvalue weighted by atomic mass is 10.0. The fourth-order valence-corrected chi connectivity index (χ4v) is 5.07. The van der Waals surface area contributed by atoms with E-state index in [-0.39, 0.29) is 6.54 Å². The van der Waals surface area contributed by atoms with Gasteiger partial charge in [-0.15, -0.1) is 0 Å². The van der Waals surface area contributed by atoms with Crippen molar-refractivity contribution in [3.63, 3.8) is 0 Å². The molecule has 6 rings (SSSR count). The Balaban J connectivity index is 1.38. The van der Waals surface area contributed by atoms with Gasteiger partial charge in [0.2, 0.25) is 5.95 Å². The van der Waals surface area contributed by atoms with Crippen LogP contribution in [0.15, 0.2) is 71.7 Å². The second kappa shape index (κ2) is 8.94. The molecule has 6 nitrogen and oxygen atoms in total. The molecule has 0 saturated heterocycles. The maximum absolute atomic E-state index is 13.2. The van der Waals surface area contributed by atoms with E-state index >= 15 is 0 Å². The van der Waals surface area contributed by atoms with Gasteiger partial charge in [-0.05, 0) is 46.7 Å². The lowest BCUT2D eigenvalue weighted by molar-refractivity contribution is -0.137. The van der Waals surface area contributed by atoms with Crippen molar-refractivity contribution in [3.05, 3.63) is 93.9 Å². The van der Waals surface area contributed by atoms with Gasteiger partial charge in [-0.2, -0.15) is 34.5 Å². The molecule has 0 aliphatic carbocycles. The zero-order valence-corrected chi connectivity index (χ0v) is 19.9. The van der Waals surface area contributed by atoms with Crippen LogP contribution in [0.1, 0.15) is 22.3 Å². The molecule has 4 heterocycles. The van der Waals surface area contributed by atoms with Gasteiger partial charge in [-0.1, -0.05) is 36.4 Å². The minimum absolute atomic E-state index is 0.170. The first-order valence-corrected chi connectivity index (χ1v) is 12.4. The van der Waals surface area contributed by atoms with Gasteiger partial charge in [0.15, 0.2) is 17.0 Å². The van der Waals surface area contributed by atoms with Crippen molar-refractivity contribution >= 4 is 34.3 Å². The van der Waals surface area contributed by atoms with Crippen LogP contribution in [-0.4, -0.2) is 26.1 Å². The molecule has 5 aromatic rings. The maximum Gasteiger partial charge on any atom is 0.416 e. The molecule has 3 aromatic heterocycles. The summed E-state index contributed by atoms with van der Waals surface area (Å²) < 4.78 is 41.5. The number of alkyl halides is 3. The topological polar surface area (TPSA) is 58.9 Å². The highest BCUT2D eigenvalue weighted by Gasteiger charge is 2.30. The monoisotopic (exact) mass is 506 g/mol. The van der Waals surface area contributed by atoms with Crippen LogP contribution in [0.3, 0.4) is 0 Å². The predicted molar refractivity (Wildman–Crippen MR) is 135 cm³/mol. The van der Waals surface area contributed by atoms with Crippen LogP contribution in [0.25, 0.3) is 16.9 Å². The number of anilines is 2. The van der Waals surface area contributed by atoms with Crippen LogP contribution in [-0.2, 0) is 25.7 Å². The van der Waals surface area contributed by atoms with Crippen LogP contribution in [0.4, 0.5) is 24.9 Å². The minimum atomic E-state index is -4.39. The summed E-state index contributed by atoms with van der Waals surface area (Å²) in [5, 5.41) is 7.21. The van der Waals surface area contributed by atoms with Crippen LogP contribution >= 0.6 is 11.3 Å². The number of nitrogens with zero attached hydrogens (tertiary/aromatic N) is 5. The molecule has 2 aromatic carbocycles. The summed E-state index contributed by atoms with van der Waals surface area (Å²) in [5.74, 6) is 1.04. The van der Waals surface area contributed by atoms with Gasteiger partial charge in [-0.25, -0.2) is 4.98 Å². The number of thiophene rings is 1. The molecule has 0 amide bonds. The molecule has 0 spiro atoms. The summed E-state index contributed by atoms with van der Waals surface area (Å²) in [6.45, 7) is 1.62. The van der Waals surface area contributed by atoms with E-state index in [9.17, 15) is 13.2 Å². The molecule has 1 aliphatic heterocycles. The molecule has 0 atom stereocenters. The molecule has 0 unspecified atom stereocenters. The first-order valence-electron chi connectivity index (χ1n) is 11.4. The molecule has 10 heteroatoms. The quantitative estimate of drug-likeness (QED) is 0.314. The van der Waals surface area contributed by atoms with Gasteiger partial charge in [0, 0.05) is 25.0 Å². The summed E-state index contributed by atoms with van der Waals surface area (Å²) in [5.41, 5.74) is 4.53. The normalized spacial score (nSPS) is 13.7. The fraction of sp³-hybridized carbons (Fsp3) is 0.192. The average Bonchev–Trinajstić information content (AvgIpc) is 3.56. The zero-order valence-electron chi connectivity index (χ0n) is 19.0. The number of halogens is 3. The number of hydrogen-bond donors (Lipinski definition) is 1. The van der Waals surface area contributed by atoms with Crippen molar-refractivity contribution in [2.75, 3.05) is 16.8 Å². The van der Waals surface area contributed by atoms with E-state index in [2.05, 4.69) is 27.3 Å². The standard InChI is InChI=1S/C26H21F3N6S/c27-26(28,29)20-7-3-4-17(12-20)13-30-23-22-24(35(16-31-22)21-9-11-36-15-21)33-25(32-23)34-10-8-18-5-1-2-6-19(18)14-34/h1-7,9,11-12,15-16H,8,10,13-14H2,(H,30,32,33). The SMILES string of the molecule is FC(F)(F)c1cccc(CNc2nc(N3CCc4ccccc4C3)nc3c2ncn3-c2ccsc2)c1. The van der Waals surface area contributed by atoms with Crippen LogP contribution in [0.5, 0.6) is 0 Å². The number of benzene rings is 2. The highest BCUT2D eigenvalue weighted by Crippen LogP contribution is 2.31. The molecule has 36 heavy (non-hydrogen) atoms. The second-order valence-corrected chi connectivity index (χ2v) is 9.41. The minimum Gasteiger partial charge on any atom is -0.364 e. The third kappa shape index (κ3) is 4.28. The van der Waals surface area contributed by atoms with Gasteiger partial charge >= 0.3 is 6.18 Å². The molecule has 1 aliphatic rings. The van der Waals surface area contributed by atoms with E-state index in [1.165, 1.54) is 17.2 Å². The number of imidazole rings is 1. The fourth-order valence-electron chi connectivity index (χ4n) is 4.45. The Hall–Kier alpha value is -3.92. The van der Waals surface area contributed by atoms with Gasteiger partial charge in [-0.3, -0.25) is 4.57 Å². The summed E-state index contributed by atoms with van der Waals surface area (Å²) in [4.78, 5) is 16.3. The van der Waals surface area contributed by atoms with E-state index in [0.29, 0.717) is 35.0 Å². The van der Waals surface area contributed by atoms with Crippen LogP contribution < -0.4 is 10.2 Å². The number of rotatable bonds is 5. The van der Waals surface area contributed by atoms with Crippen molar-refractivity contribution in [1.29, 1.82) is 0 Å². The molecule has 0 saturated carbocycles. The lowest BCUT2D eigenvalue weighted by Gasteiger charge is -2.29. The number of aromatic nitrogens is 4. The van der Waals surface area contributed by atoms with Crippen LogP contribution in [0.2, 0.25) is 0 Å². The first-order chi connectivity index (χ1) is 17.5. The van der Waals surface area contributed by atoms with E-state index < -0.39 is 11.7 Å². The average molecular weight is 507 g/mol. The first kappa shape index (κ1) is 22.5. The summed E-state index contributed by atoms with van der Waals surface area (Å²) >= 11 is 1.58. The molecule has 0 fully saturated rings. The van der Waals surface area contributed by atoms with E-state index in [0.717, 1.165) is 30.8 Å². The lowest BCUT2D eigenvalue weighted by Crippen LogP contribution is -2.32. The van der Waals surface area contributed by atoms with Gasteiger partial charge in [0.1, 0.15) is 6.33 Å². The Morgan fingerprint density at radius 2 is 1.86 bits per heavy atom. The molecule has 0 bridgehead atoms. The van der Waals surface area contributed by atoms with Gasteiger partial charge in [0.05, 0.1) is 11.3 Å².